The number of aryl methyl sites for hydroxylation is 3. The maximum Gasteiger partial charge on any atom is 0.248 e. The van der Waals surface area contributed by atoms with Crippen molar-refractivity contribution in [2.75, 3.05) is 0 Å². The van der Waals surface area contributed by atoms with Crippen molar-refractivity contribution < 1.29 is 0 Å². The molecule has 0 saturated carbocycles. The number of rotatable bonds is 1. The minimum absolute atomic E-state index is 0.121. The third-order valence-electron chi connectivity index (χ3n) is 12.1. The van der Waals surface area contributed by atoms with Crippen molar-refractivity contribution in [3.8, 4) is 22.5 Å². The van der Waals surface area contributed by atoms with Crippen LogP contribution in [0.25, 0.3) is 66.1 Å². The van der Waals surface area contributed by atoms with Gasteiger partial charge < -0.3 is 9.13 Å². The van der Waals surface area contributed by atoms with E-state index in [2.05, 4.69) is 157 Å². The van der Waals surface area contributed by atoms with Crippen LogP contribution in [0.15, 0.2) is 127 Å². The van der Waals surface area contributed by atoms with Gasteiger partial charge in [0, 0.05) is 44.0 Å². The molecule has 0 aliphatic carbocycles. The highest BCUT2D eigenvalue weighted by molar-refractivity contribution is 7.03. The van der Waals surface area contributed by atoms with Gasteiger partial charge in [-0.1, -0.05) is 137 Å². The predicted molar refractivity (Wildman–Crippen MR) is 211 cm³/mol. The van der Waals surface area contributed by atoms with Crippen LogP contribution in [0.5, 0.6) is 0 Å². The quantitative estimate of drug-likeness (QED) is 0.187. The largest absolute Gasteiger partial charge is 0.310 e. The SMILES string of the molecule is Cc1cc(C)c(B2c3cc4c(cc3-n3c5ccccc5c5cccc2c53)-n2c3ccccc3c3ccc5c(c32)B4c2ccccc2-5)c(C)c1. The van der Waals surface area contributed by atoms with Gasteiger partial charge in [0.2, 0.25) is 13.4 Å². The maximum atomic E-state index is 2.62. The molecule has 0 unspecified atom stereocenters. The van der Waals surface area contributed by atoms with Gasteiger partial charge in [-0.15, -0.1) is 0 Å². The molecule has 0 fully saturated rings. The Kier molecular flexibility index (Phi) is 4.73. The van der Waals surface area contributed by atoms with E-state index < -0.39 is 0 Å². The number of nitrogens with zero attached hydrogens (tertiary/aromatic N) is 2. The van der Waals surface area contributed by atoms with Crippen LogP contribution in [-0.4, -0.2) is 22.6 Å². The van der Waals surface area contributed by atoms with E-state index in [-0.39, 0.29) is 13.4 Å². The van der Waals surface area contributed by atoms with E-state index in [1.54, 1.807) is 0 Å². The first-order chi connectivity index (χ1) is 24.1. The summed E-state index contributed by atoms with van der Waals surface area (Å²) < 4.78 is 5.19. The van der Waals surface area contributed by atoms with Crippen LogP contribution in [0.4, 0.5) is 0 Å². The summed E-state index contributed by atoms with van der Waals surface area (Å²) in [6.45, 7) is 7.16. The molecule has 0 saturated heterocycles. The Morgan fingerprint density at radius 3 is 1.71 bits per heavy atom. The average molecular weight is 620 g/mol. The van der Waals surface area contributed by atoms with Crippen LogP contribution in [0.3, 0.4) is 0 Å². The second-order valence-electron chi connectivity index (χ2n) is 14.6. The van der Waals surface area contributed by atoms with Gasteiger partial charge in [-0.2, -0.15) is 0 Å². The Balaban J connectivity index is 1.30. The third-order valence-corrected chi connectivity index (χ3v) is 12.1. The van der Waals surface area contributed by atoms with Crippen LogP contribution < -0.4 is 32.8 Å². The summed E-state index contributed by atoms with van der Waals surface area (Å²) in [5.74, 6) is 0. The molecule has 0 bridgehead atoms. The minimum atomic E-state index is 0.121. The van der Waals surface area contributed by atoms with Crippen molar-refractivity contribution in [2.45, 2.75) is 20.8 Å². The molecule has 9 aromatic rings. The molecule has 12 rings (SSSR count). The molecule has 7 aromatic carbocycles. The molecule has 0 amide bonds. The summed E-state index contributed by atoms with van der Waals surface area (Å²) in [5.41, 5.74) is 23.2. The highest BCUT2D eigenvalue weighted by Crippen LogP contribution is 2.40. The molecular formula is C45H30B2N2. The summed E-state index contributed by atoms with van der Waals surface area (Å²) in [4.78, 5) is 0. The lowest BCUT2D eigenvalue weighted by atomic mass is 9.32. The fraction of sp³-hybridized carbons (Fsp3) is 0.0667. The van der Waals surface area contributed by atoms with Crippen LogP contribution in [-0.2, 0) is 0 Å². The molecule has 5 heterocycles. The Hall–Kier alpha value is -5.73. The summed E-state index contributed by atoms with van der Waals surface area (Å²) in [5, 5.41) is 5.31. The van der Waals surface area contributed by atoms with E-state index in [1.807, 2.05) is 0 Å². The second-order valence-corrected chi connectivity index (χ2v) is 14.6. The third kappa shape index (κ3) is 3.04. The molecule has 2 nitrogen and oxygen atoms in total. The lowest BCUT2D eigenvalue weighted by molar-refractivity contribution is 1.15. The van der Waals surface area contributed by atoms with Gasteiger partial charge in [0.1, 0.15) is 0 Å². The summed E-state index contributed by atoms with van der Waals surface area (Å²) in [6.07, 6.45) is 0. The molecular weight excluding hydrogens is 590 g/mol. The van der Waals surface area contributed by atoms with Crippen molar-refractivity contribution in [1.82, 2.24) is 9.13 Å². The van der Waals surface area contributed by atoms with E-state index >= 15 is 0 Å². The van der Waals surface area contributed by atoms with Gasteiger partial charge in [0.15, 0.2) is 0 Å². The number of fused-ring (bicyclic) bond motifs is 14. The topological polar surface area (TPSA) is 9.86 Å². The molecule has 3 aliphatic rings. The highest BCUT2D eigenvalue weighted by atomic mass is 15.0. The molecule has 0 radical (unpaired) electrons. The van der Waals surface area contributed by atoms with Crippen molar-refractivity contribution in [2.24, 2.45) is 0 Å². The minimum Gasteiger partial charge on any atom is -0.310 e. The number of para-hydroxylation sites is 3. The smallest absolute Gasteiger partial charge is 0.248 e. The second kappa shape index (κ2) is 8.84. The van der Waals surface area contributed by atoms with Crippen LogP contribution in [0, 0.1) is 20.8 Å². The molecule has 4 heteroatoms. The van der Waals surface area contributed by atoms with Gasteiger partial charge in [-0.05, 0) is 71.9 Å². The van der Waals surface area contributed by atoms with Gasteiger partial charge in [-0.25, -0.2) is 0 Å². The van der Waals surface area contributed by atoms with Gasteiger partial charge >= 0.3 is 0 Å². The van der Waals surface area contributed by atoms with Crippen LogP contribution in [0.2, 0.25) is 0 Å². The van der Waals surface area contributed by atoms with E-state index in [9.17, 15) is 0 Å². The molecule has 3 aliphatic heterocycles. The first kappa shape index (κ1) is 26.3. The lowest BCUT2D eigenvalue weighted by Crippen LogP contribution is -2.60. The molecule has 2 aromatic heterocycles. The lowest BCUT2D eigenvalue weighted by Gasteiger charge is -2.33. The van der Waals surface area contributed by atoms with Crippen molar-refractivity contribution in [3.05, 3.63) is 144 Å². The number of aromatic nitrogens is 2. The molecule has 0 spiro atoms. The number of hydrogen-bond acceptors (Lipinski definition) is 0. The van der Waals surface area contributed by atoms with Gasteiger partial charge in [0.05, 0.1) is 11.0 Å². The number of hydrogen-bond donors (Lipinski definition) is 0. The van der Waals surface area contributed by atoms with E-state index in [1.165, 1.54) is 116 Å². The van der Waals surface area contributed by atoms with Crippen molar-refractivity contribution in [3.63, 3.8) is 0 Å². The Morgan fingerprint density at radius 2 is 0.980 bits per heavy atom. The normalized spacial score (nSPS) is 13.5. The van der Waals surface area contributed by atoms with E-state index in [4.69, 9.17) is 0 Å². The zero-order valence-electron chi connectivity index (χ0n) is 27.7. The number of benzene rings is 7. The molecule has 0 atom stereocenters. The monoisotopic (exact) mass is 620 g/mol. The van der Waals surface area contributed by atoms with E-state index in [0.29, 0.717) is 0 Å². The molecule has 226 valence electrons. The first-order valence-corrected chi connectivity index (χ1v) is 17.5. The fourth-order valence-electron chi connectivity index (χ4n) is 10.4. The summed E-state index contributed by atoms with van der Waals surface area (Å²) in [7, 11) is 0. The van der Waals surface area contributed by atoms with Crippen LogP contribution >= 0.6 is 0 Å². The average Bonchev–Trinajstić information content (AvgIpc) is 3.76. The Morgan fingerprint density at radius 1 is 0.408 bits per heavy atom. The predicted octanol–water partition coefficient (Wildman–Crippen LogP) is 6.45. The van der Waals surface area contributed by atoms with Crippen LogP contribution in [0.1, 0.15) is 16.7 Å². The summed E-state index contributed by atoms with van der Waals surface area (Å²) in [6, 6.07) is 48.8. The maximum absolute atomic E-state index is 2.62. The van der Waals surface area contributed by atoms with E-state index in [0.717, 1.165) is 0 Å². The highest BCUT2D eigenvalue weighted by Gasteiger charge is 2.43. The van der Waals surface area contributed by atoms with Gasteiger partial charge in [0.25, 0.3) is 0 Å². The Labute approximate surface area is 285 Å². The standard InChI is InChI=1S/C45H30B2N2/c1-25-21-26(2)42(27(3)22-25)47-35-16-10-14-32-29-12-5-8-17-38(29)48(44(32)35)40-24-41-36(23-37(40)47)46-34-15-7-4-11-28(34)31-19-20-33-30-13-6-9-18-39(30)49(41)45(33)43(31)46/h4-24H,1-3H3. The summed E-state index contributed by atoms with van der Waals surface area (Å²) >= 11 is 0. The first-order valence-electron chi connectivity index (χ1n) is 17.5. The molecule has 0 N–H and O–H groups in total. The molecule has 49 heavy (non-hydrogen) atoms. The van der Waals surface area contributed by atoms with Gasteiger partial charge in [-0.3, -0.25) is 0 Å². The van der Waals surface area contributed by atoms with Crippen molar-refractivity contribution >= 4 is 89.8 Å². The zero-order valence-corrected chi connectivity index (χ0v) is 27.7. The fourth-order valence-corrected chi connectivity index (χ4v) is 10.4. The van der Waals surface area contributed by atoms with Crippen molar-refractivity contribution in [1.29, 1.82) is 0 Å². The zero-order chi connectivity index (χ0) is 32.3. The Bertz CT molecular complexity index is 2970.